The Morgan fingerprint density at radius 2 is 2.20 bits per heavy atom. The van der Waals surface area contributed by atoms with Crippen molar-refractivity contribution in [2.45, 2.75) is 44.9 Å². The van der Waals surface area contributed by atoms with Gasteiger partial charge < -0.3 is 14.6 Å². The van der Waals surface area contributed by atoms with Gasteiger partial charge >= 0.3 is 0 Å². The number of rotatable bonds is 3. The number of nitrogens with one attached hydrogen (secondary N) is 1. The van der Waals surface area contributed by atoms with Gasteiger partial charge in [0.25, 0.3) is 0 Å². The monoisotopic (exact) mass is 273 g/mol. The largest absolute Gasteiger partial charge is 0.375 e. The highest BCUT2D eigenvalue weighted by Crippen LogP contribution is 2.24. The molecule has 1 aromatic heterocycles. The minimum absolute atomic E-state index is 0.0116. The molecule has 1 unspecified atom stereocenters. The van der Waals surface area contributed by atoms with E-state index in [-0.39, 0.29) is 5.60 Å². The first-order chi connectivity index (χ1) is 9.55. The molecule has 0 saturated carbocycles. The normalized spacial score (nSPS) is 22.2. The summed E-state index contributed by atoms with van der Waals surface area (Å²) in [6, 6.07) is 8.79. The van der Waals surface area contributed by atoms with E-state index in [1.54, 1.807) is 0 Å². The summed E-state index contributed by atoms with van der Waals surface area (Å²) < 4.78 is 7.93. The lowest BCUT2D eigenvalue weighted by Gasteiger charge is -2.35. The fraction of sp³-hybridized carbons (Fsp3) is 0.562. The summed E-state index contributed by atoms with van der Waals surface area (Å²) in [7, 11) is 2.08. The molecule has 2 aromatic rings. The number of fused-ring (bicyclic) bond motifs is 1. The Morgan fingerprint density at radius 1 is 1.40 bits per heavy atom. The van der Waals surface area contributed by atoms with Gasteiger partial charge in [-0.05, 0) is 38.8 Å². The Balaban J connectivity index is 1.69. The van der Waals surface area contributed by atoms with Crippen molar-refractivity contribution >= 4 is 11.0 Å². The first-order valence-electron chi connectivity index (χ1n) is 7.33. The number of hydrogen-bond donors (Lipinski definition) is 1. The smallest absolute Gasteiger partial charge is 0.123 e. The highest BCUT2D eigenvalue weighted by molar-refractivity contribution is 5.75. The molecule has 20 heavy (non-hydrogen) atoms. The molecule has 1 aliphatic heterocycles. The first-order valence-corrected chi connectivity index (χ1v) is 7.33. The quantitative estimate of drug-likeness (QED) is 0.934. The Hall–Kier alpha value is -1.39. The lowest BCUT2D eigenvalue weighted by Crippen LogP contribution is -2.43. The highest BCUT2D eigenvalue weighted by Gasteiger charge is 2.28. The SMILES string of the molecule is Cn1c(CNC2CCOC(C)(C)C2)nc2ccccc21. The van der Waals surface area contributed by atoms with Crippen molar-refractivity contribution in [3.05, 3.63) is 30.1 Å². The minimum Gasteiger partial charge on any atom is -0.375 e. The summed E-state index contributed by atoms with van der Waals surface area (Å²) in [5.41, 5.74) is 2.25. The first kappa shape index (κ1) is 13.6. The van der Waals surface area contributed by atoms with Crippen molar-refractivity contribution in [2.24, 2.45) is 7.05 Å². The fourth-order valence-corrected chi connectivity index (χ4v) is 3.00. The van der Waals surface area contributed by atoms with Crippen LogP contribution < -0.4 is 5.32 Å². The van der Waals surface area contributed by atoms with Gasteiger partial charge in [-0.25, -0.2) is 4.98 Å². The Kier molecular flexibility index (Phi) is 3.52. The van der Waals surface area contributed by atoms with Gasteiger partial charge in [0.05, 0.1) is 23.2 Å². The summed E-state index contributed by atoms with van der Waals surface area (Å²) in [4.78, 5) is 4.70. The standard InChI is InChI=1S/C16H23N3O/c1-16(2)10-12(8-9-20-16)17-11-15-18-13-6-4-5-7-14(13)19(15)3/h4-7,12,17H,8-11H2,1-3H3. The van der Waals surface area contributed by atoms with E-state index in [0.29, 0.717) is 6.04 Å². The molecule has 1 fully saturated rings. The van der Waals surface area contributed by atoms with Crippen LogP contribution in [0.4, 0.5) is 0 Å². The van der Waals surface area contributed by atoms with Crippen LogP contribution in [0.1, 0.15) is 32.5 Å². The lowest BCUT2D eigenvalue weighted by molar-refractivity contribution is -0.0631. The molecule has 2 heterocycles. The second-order valence-electron chi connectivity index (χ2n) is 6.25. The predicted molar refractivity (Wildman–Crippen MR) is 80.6 cm³/mol. The molecule has 1 N–H and O–H groups in total. The Labute approximate surface area is 120 Å². The van der Waals surface area contributed by atoms with Crippen LogP contribution in [-0.2, 0) is 18.3 Å². The predicted octanol–water partition coefficient (Wildman–Crippen LogP) is 2.62. The van der Waals surface area contributed by atoms with Gasteiger partial charge in [-0.3, -0.25) is 0 Å². The molecule has 0 aliphatic carbocycles. The van der Waals surface area contributed by atoms with Crippen molar-refractivity contribution in [1.82, 2.24) is 14.9 Å². The van der Waals surface area contributed by atoms with Gasteiger partial charge in [0, 0.05) is 19.7 Å². The molecule has 0 spiro atoms. The maximum absolute atomic E-state index is 5.76. The maximum atomic E-state index is 5.76. The van der Waals surface area contributed by atoms with Crippen molar-refractivity contribution in [3.63, 3.8) is 0 Å². The molecule has 4 heteroatoms. The summed E-state index contributed by atoms with van der Waals surface area (Å²) in [6.07, 6.45) is 2.13. The third-order valence-corrected chi connectivity index (χ3v) is 4.13. The van der Waals surface area contributed by atoms with Crippen LogP contribution in [-0.4, -0.2) is 27.8 Å². The van der Waals surface area contributed by atoms with Crippen LogP contribution in [0.2, 0.25) is 0 Å². The molecular weight excluding hydrogens is 250 g/mol. The van der Waals surface area contributed by atoms with Crippen LogP contribution >= 0.6 is 0 Å². The molecule has 0 radical (unpaired) electrons. The number of aryl methyl sites for hydroxylation is 1. The third kappa shape index (κ3) is 2.72. The molecular formula is C16H23N3O. The van der Waals surface area contributed by atoms with Gasteiger partial charge in [-0.1, -0.05) is 12.1 Å². The average Bonchev–Trinajstić information content (AvgIpc) is 2.73. The number of benzene rings is 1. The lowest BCUT2D eigenvalue weighted by atomic mass is 9.94. The van der Waals surface area contributed by atoms with Gasteiger partial charge in [-0.2, -0.15) is 0 Å². The van der Waals surface area contributed by atoms with Gasteiger partial charge in [-0.15, -0.1) is 0 Å². The van der Waals surface area contributed by atoms with Crippen LogP contribution in [0.5, 0.6) is 0 Å². The molecule has 0 bridgehead atoms. The number of nitrogens with zero attached hydrogens (tertiary/aromatic N) is 2. The topological polar surface area (TPSA) is 39.1 Å². The molecule has 1 aromatic carbocycles. The van der Waals surface area contributed by atoms with E-state index < -0.39 is 0 Å². The van der Waals surface area contributed by atoms with E-state index in [1.807, 2.05) is 6.07 Å². The maximum Gasteiger partial charge on any atom is 0.123 e. The molecule has 3 rings (SSSR count). The van der Waals surface area contributed by atoms with Gasteiger partial charge in [0.1, 0.15) is 5.82 Å². The zero-order valence-corrected chi connectivity index (χ0v) is 12.5. The van der Waals surface area contributed by atoms with Crippen molar-refractivity contribution < 1.29 is 4.74 Å². The zero-order valence-electron chi connectivity index (χ0n) is 12.5. The van der Waals surface area contributed by atoms with Crippen LogP contribution in [0.15, 0.2) is 24.3 Å². The zero-order chi connectivity index (χ0) is 14.2. The van der Waals surface area contributed by atoms with Crippen LogP contribution in [0.3, 0.4) is 0 Å². The van der Waals surface area contributed by atoms with Crippen molar-refractivity contribution in [1.29, 1.82) is 0 Å². The van der Waals surface area contributed by atoms with E-state index in [0.717, 1.165) is 37.3 Å². The molecule has 0 amide bonds. The van der Waals surface area contributed by atoms with Crippen LogP contribution in [0.25, 0.3) is 11.0 Å². The molecule has 4 nitrogen and oxygen atoms in total. The number of aromatic nitrogens is 2. The van der Waals surface area contributed by atoms with Crippen LogP contribution in [0, 0.1) is 0 Å². The average molecular weight is 273 g/mol. The van der Waals surface area contributed by atoms with E-state index in [4.69, 9.17) is 9.72 Å². The Bertz CT molecular complexity index is 603. The Morgan fingerprint density at radius 3 is 2.95 bits per heavy atom. The number of hydrogen-bond acceptors (Lipinski definition) is 3. The summed E-state index contributed by atoms with van der Waals surface area (Å²) >= 11 is 0. The number of imidazole rings is 1. The van der Waals surface area contributed by atoms with E-state index in [1.165, 1.54) is 5.52 Å². The second kappa shape index (κ2) is 5.19. The van der Waals surface area contributed by atoms with Gasteiger partial charge in [0.15, 0.2) is 0 Å². The molecule has 1 aliphatic rings. The molecule has 108 valence electrons. The summed E-state index contributed by atoms with van der Waals surface area (Å²) in [5, 5.41) is 3.63. The van der Waals surface area contributed by atoms with E-state index in [9.17, 15) is 0 Å². The van der Waals surface area contributed by atoms with E-state index in [2.05, 4.69) is 49.0 Å². The second-order valence-corrected chi connectivity index (χ2v) is 6.25. The minimum atomic E-state index is -0.0116. The third-order valence-electron chi connectivity index (χ3n) is 4.13. The van der Waals surface area contributed by atoms with Crippen molar-refractivity contribution in [3.8, 4) is 0 Å². The fourth-order valence-electron chi connectivity index (χ4n) is 3.00. The highest BCUT2D eigenvalue weighted by atomic mass is 16.5. The van der Waals surface area contributed by atoms with Gasteiger partial charge in [0.2, 0.25) is 0 Å². The molecule has 1 atom stereocenters. The number of ether oxygens (including phenoxy) is 1. The summed E-state index contributed by atoms with van der Waals surface area (Å²) in [6.45, 7) is 5.98. The van der Waals surface area contributed by atoms with Crippen molar-refractivity contribution in [2.75, 3.05) is 6.61 Å². The van der Waals surface area contributed by atoms with E-state index >= 15 is 0 Å². The summed E-state index contributed by atoms with van der Waals surface area (Å²) in [5.74, 6) is 1.09. The molecule has 1 saturated heterocycles. The number of para-hydroxylation sites is 2.